The summed E-state index contributed by atoms with van der Waals surface area (Å²) in [6, 6.07) is 1.11. The van der Waals surface area contributed by atoms with Gasteiger partial charge in [0.15, 0.2) is 5.03 Å². The molecule has 1 aromatic rings. The Balaban J connectivity index is 3.22. The Hall–Kier alpha value is -1.01. The lowest BCUT2D eigenvalue weighted by Crippen LogP contribution is -2.00. The molecule has 0 aliphatic carbocycles. The van der Waals surface area contributed by atoms with Crippen molar-refractivity contribution in [2.24, 2.45) is 0 Å². The molecule has 0 fully saturated rings. The molecule has 5 nitrogen and oxygen atoms in total. The highest BCUT2D eigenvalue weighted by molar-refractivity contribution is 7.85. The summed E-state index contributed by atoms with van der Waals surface area (Å²) >= 11 is 0. The van der Waals surface area contributed by atoms with Crippen LogP contribution in [0.5, 0.6) is 0 Å². The molecule has 1 heterocycles. The molecule has 0 radical (unpaired) electrons. The second-order valence-electron chi connectivity index (χ2n) is 1.52. The van der Waals surface area contributed by atoms with Gasteiger partial charge in [0.1, 0.15) is 6.33 Å². The SMILES string of the molecule is O=S(=O)(O)c1ccncn1. The van der Waals surface area contributed by atoms with E-state index in [9.17, 15) is 8.42 Å². The molecule has 0 saturated carbocycles. The standard InChI is InChI=1S/C4H4N2O3S/c7-10(8,9)4-1-2-5-3-6-4/h1-3H,(H,7,8,9). The first-order valence-electron chi connectivity index (χ1n) is 2.34. The van der Waals surface area contributed by atoms with E-state index in [0.29, 0.717) is 0 Å². The number of hydrogen-bond donors (Lipinski definition) is 1. The molecule has 0 aliphatic rings. The summed E-state index contributed by atoms with van der Waals surface area (Å²) in [6.07, 6.45) is 2.28. The molecule has 0 aliphatic heterocycles. The van der Waals surface area contributed by atoms with Gasteiger partial charge in [-0.05, 0) is 6.07 Å². The Morgan fingerprint density at radius 2 is 2.20 bits per heavy atom. The van der Waals surface area contributed by atoms with E-state index in [0.717, 1.165) is 12.4 Å². The zero-order valence-electron chi connectivity index (χ0n) is 4.80. The van der Waals surface area contributed by atoms with Gasteiger partial charge in [0.05, 0.1) is 0 Å². The van der Waals surface area contributed by atoms with Crippen molar-refractivity contribution in [3.63, 3.8) is 0 Å². The van der Waals surface area contributed by atoms with Gasteiger partial charge in [0.2, 0.25) is 0 Å². The molecule has 0 aromatic carbocycles. The first-order chi connectivity index (χ1) is 4.61. The lowest BCUT2D eigenvalue weighted by Gasteiger charge is -1.90. The summed E-state index contributed by atoms with van der Waals surface area (Å²) < 4.78 is 29.0. The predicted octanol–water partition coefficient (Wildman–Crippen LogP) is -0.277. The molecule has 10 heavy (non-hydrogen) atoms. The number of rotatable bonds is 1. The van der Waals surface area contributed by atoms with Gasteiger partial charge in [-0.3, -0.25) is 4.55 Å². The lowest BCUT2D eigenvalue weighted by molar-refractivity contribution is 0.479. The normalized spacial score (nSPS) is 11.3. The molecule has 6 heteroatoms. The third-order valence-corrected chi connectivity index (χ3v) is 1.59. The van der Waals surface area contributed by atoms with Crippen LogP contribution in [0.15, 0.2) is 23.6 Å². The summed E-state index contributed by atoms with van der Waals surface area (Å²) in [5.41, 5.74) is 0. The van der Waals surface area contributed by atoms with Gasteiger partial charge in [0, 0.05) is 6.20 Å². The zero-order chi connectivity index (χ0) is 7.61. The van der Waals surface area contributed by atoms with Crippen molar-refractivity contribution < 1.29 is 13.0 Å². The van der Waals surface area contributed by atoms with Crippen LogP contribution in [0, 0.1) is 0 Å². The molecule has 54 valence electrons. The van der Waals surface area contributed by atoms with E-state index < -0.39 is 10.1 Å². The molecular weight excluding hydrogens is 156 g/mol. The topological polar surface area (TPSA) is 80.2 Å². The summed E-state index contributed by atoms with van der Waals surface area (Å²) in [4.78, 5) is 6.77. The highest BCUT2D eigenvalue weighted by Gasteiger charge is 2.08. The minimum atomic E-state index is -4.15. The minimum Gasteiger partial charge on any atom is -0.281 e. The Morgan fingerprint density at radius 3 is 2.50 bits per heavy atom. The van der Waals surface area contributed by atoms with Crippen LogP contribution >= 0.6 is 0 Å². The lowest BCUT2D eigenvalue weighted by atomic mass is 10.7. The first-order valence-corrected chi connectivity index (χ1v) is 3.78. The maximum absolute atomic E-state index is 10.3. The molecule has 0 atom stereocenters. The van der Waals surface area contributed by atoms with E-state index in [2.05, 4.69) is 9.97 Å². The fourth-order valence-corrected chi connectivity index (χ4v) is 0.844. The quantitative estimate of drug-likeness (QED) is 0.451. The van der Waals surface area contributed by atoms with Crippen molar-refractivity contribution in [3.05, 3.63) is 18.6 Å². The van der Waals surface area contributed by atoms with Gasteiger partial charge >= 0.3 is 10.1 Å². The van der Waals surface area contributed by atoms with E-state index >= 15 is 0 Å². The smallest absolute Gasteiger partial charge is 0.281 e. The van der Waals surface area contributed by atoms with Crippen molar-refractivity contribution in [1.29, 1.82) is 0 Å². The molecule has 0 unspecified atom stereocenters. The Labute approximate surface area is 57.5 Å². The Kier molecular flexibility index (Phi) is 1.64. The van der Waals surface area contributed by atoms with E-state index in [1.165, 1.54) is 6.20 Å². The van der Waals surface area contributed by atoms with E-state index in [-0.39, 0.29) is 5.03 Å². The van der Waals surface area contributed by atoms with Gasteiger partial charge in [-0.2, -0.15) is 8.42 Å². The van der Waals surface area contributed by atoms with Gasteiger partial charge < -0.3 is 0 Å². The second kappa shape index (κ2) is 2.31. The van der Waals surface area contributed by atoms with E-state index in [4.69, 9.17) is 4.55 Å². The van der Waals surface area contributed by atoms with Gasteiger partial charge in [-0.15, -0.1) is 0 Å². The summed E-state index contributed by atoms with van der Waals surface area (Å²) in [5, 5.41) is -0.387. The fraction of sp³-hybridized carbons (Fsp3) is 0. The number of hydrogen-bond acceptors (Lipinski definition) is 4. The second-order valence-corrected chi connectivity index (χ2v) is 2.89. The largest absolute Gasteiger partial charge is 0.312 e. The van der Waals surface area contributed by atoms with E-state index in [1.54, 1.807) is 0 Å². The van der Waals surface area contributed by atoms with Crippen molar-refractivity contribution in [1.82, 2.24) is 9.97 Å². The fourth-order valence-electron chi connectivity index (χ4n) is 0.431. The van der Waals surface area contributed by atoms with Crippen LogP contribution in [0.1, 0.15) is 0 Å². The highest BCUT2D eigenvalue weighted by atomic mass is 32.2. The number of aromatic nitrogens is 2. The van der Waals surface area contributed by atoms with Crippen molar-refractivity contribution >= 4 is 10.1 Å². The average Bonchev–Trinajstić information content (AvgIpc) is 1.88. The van der Waals surface area contributed by atoms with Crippen LogP contribution in [0.4, 0.5) is 0 Å². The molecule has 0 spiro atoms. The van der Waals surface area contributed by atoms with E-state index in [1.807, 2.05) is 0 Å². The average molecular weight is 160 g/mol. The molecule has 0 saturated heterocycles. The molecule has 1 aromatic heterocycles. The first kappa shape index (κ1) is 7.10. The zero-order valence-corrected chi connectivity index (χ0v) is 5.61. The summed E-state index contributed by atoms with van der Waals surface area (Å²) in [7, 11) is -4.15. The van der Waals surface area contributed by atoms with Gasteiger partial charge in [-0.25, -0.2) is 9.97 Å². The van der Waals surface area contributed by atoms with Crippen molar-refractivity contribution in [3.8, 4) is 0 Å². The third kappa shape index (κ3) is 1.49. The summed E-state index contributed by atoms with van der Waals surface area (Å²) in [6.45, 7) is 0. The van der Waals surface area contributed by atoms with Crippen LogP contribution in [0.25, 0.3) is 0 Å². The van der Waals surface area contributed by atoms with Crippen LogP contribution in [-0.2, 0) is 10.1 Å². The molecular formula is C4H4N2O3S. The minimum absolute atomic E-state index is 0.387. The van der Waals surface area contributed by atoms with Crippen molar-refractivity contribution in [2.75, 3.05) is 0 Å². The number of nitrogens with zero attached hydrogens (tertiary/aromatic N) is 2. The Bertz CT molecular complexity index is 307. The molecule has 0 amide bonds. The maximum atomic E-state index is 10.3. The van der Waals surface area contributed by atoms with Crippen molar-refractivity contribution in [2.45, 2.75) is 5.03 Å². The third-order valence-electron chi connectivity index (χ3n) is 0.819. The van der Waals surface area contributed by atoms with Crippen LogP contribution in [0.3, 0.4) is 0 Å². The van der Waals surface area contributed by atoms with Crippen LogP contribution in [-0.4, -0.2) is 22.9 Å². The van der Waals surface area contributed by atoms with Gasteiger partial charge in [0.25, 0.3) is 0 Å². The van der Waals surface area contributed by atoms with Crippen LogP contribution in [0.2, 0.25) is 0 Å². The Morgan fingerprint density at radius 1 is 1.50 bits per heavy atom. The highest BCUT2D eigenvalue weighted by Crippen LogP contribution is 1.99. The molecule has 0 bridgehead atoms. The summed E-state index contributed by atoms with van der Waals surface area (Å²) in [5.74, 6) is 0. The predicted molar refractivity (Wildman–Crippen MR) is 31.8 cm³/mol. The van der Waals surface area contributed by atoms with Gasteiger partial charge in [-0.1, -0.05) is 0 Å². The van der Waals surface area contributed by atoms with Crippen LogP contribution < -0.4 is 0 Å². The monoisotopic (exact) mass is 160 g/mol. The molecule has 1 rings (SSSR count). The molecule has 1 N–H and O–H groups in total. The maximum Gasteiger partial charge on any atom is 0.312 e.